The van der Waals surface area contributed by atoms with Gasteiger partial charge in [0, 0.05) is 31.5 Å². The maximum absolute atomic E-state index is 9.57. The second-order valence-corrected chi connectivity index (χ2v) is 5.37. The van der Waals surface area contributed by atoms with Crippen molar-refractivity contribution in [2.24, 2.45) is 5.92 Å². The van der Waals surface area contributed by atoms with E-state index in [1.165, 1.54) is 0 Å². The molecule has 1 aliphatic heterocycles. The normalized spacial score (nSPS) is 18.9. The van der Waals surface area contributed by atoms with Gasteiger partial charge in [0.15, 0.2) is 0 Å². The molecule has 1 unspecified atom stereocenters. The number of hydrogen-bond acceptors (Lipinski definition) is 4. The summed E-state index contributed by atoms with van der Waals surface area (Å²) in [6, 6.07) is 9.99. The molecule has 0 saturated carbocycles. The summed E-state index contributed by atoms with van der Waals surface area (Å²) in [6.45, 7) is 2.83. The molecule has 0 amide bonds. The van der Waals surface area contributed by atoms with Gasteiger partial charge in [0.25, 0.3) is 0 Å². The fourth-order valence-corrected chi connectivity index (χ4v) is 2.94. The van der Waals surface area contributed by atoms with E-state index in [-0.39, 0.29) is 6.61 Å². The van der Waals surface area contributed by atoms with E-state index < -0.39 is 0 Å². The highest BCUT2D eigenvalue weighted by molar-refractivity contribution is 5.84. The Bertz CT molecular complexity index is 600. The van der Waals surface area contributed by atoms with Crippen molar-refractivity contribution >= 4 is 16.7 Å². The number of nitrogens with zero attached hydrogens (tertiary/aromatic N) is 2. The number of hydrogen-bond donors (Lipinski definition) is 1. The minimum atomic E-state index is 0.0470. The average Bonchev–Trinajstić information content (AvgIpc) is 2.95. The zero-order valence-corrected chi connectivity index (χ0v) is 11.7. The number of methoxy groups -OCH3 is 1. The summed E-state index contributed by atoms with van der Waals surface area (Å²) in [5, 5.41) is 10.6. The van der Waals surface area contributed by atoms with Crippen LogP contribution in [0.5, 0.6) is 0 Å². The molecule has 1 N–H and O–H groups in total. The van der Waals surface area contributed by atoms with Crippen LogP contribution in [0.15, 0.2) is 30.3 Å². The van der Waals surface area contributed by atoms with Crippen LogP contribution in [0.25, 0.3) is 10.9 Å². The molecular weight excluding hydrogens is 252 g/mol. The molecule has 0 aliphatic carbocycles. The molecule has 1 fully saturated rings. The monoisotopic (exact) mass is 272 g/mol. The van der Waals surface area contributed by atoms with Crippen molar-refractivity contribution in [1.82, 2.24) is 4.98 Å². The summed E-state index contributed by atoms with van der Waals surface area (Å²) >= 11 is 0. The third kappa shape index (κ3) is 2.49. The summed E-state index contributed by atoms with van der Waals surface area (Å²) in [4.78, 5) is 7.02. The standard InChI is InChI=1S/C16H20N2O2/c1-20-11-12-6-7-18(9-12)16-8-13(10-19)14-4-2-3-5-15(14)17-16/h2-5,8,12,19H,6-7,9-11H2,1H3. The lowest BCUT2D eigenvalue weighted by Crippen LogP contribution is -2.22. The first-order valence-electron chi connectivity index (χ1n) is 7.05. The van der Waals surface area contributed by atoms with Gasteiger partial charge >= 0.3 is 0 Å². The summed E-state index contributed by atoms with van der Waals surface area (Å²) < 4.78 is 5.24. The van der Waals surface area contributed by atoms with Crippen LogP contribution in [-0.2, 0) is 11.3 Å². The van der Waals surface area contributed by atoms with Crippen LogP contribution >= 0.6 is 0 Å². The largest absolute Gasteiger partial charge is 0.392 e. The van der Waals surface area contributed by atoms with Crippen LogP contribution in [0.2, 0.25) is 0 Å². The molecule has 4 heteroatoms. The Morgan fingerprint density at radius 3 is 3.05 bits per heavy atom. The number of anilines is 1. The molecule has 1 saturated heterocycles. The van der Waals surface area contributed by atoms with Gasteiger partial charge in [0.1, 0.15) is 5.82 Å². The highest BCUT2D eigenvalue weighted by Gasteiger charge is 2.23. The van der Waals surface area contributed by atoms with Crippen LogP contribution in [0.3, 0.4) is 0 Å². The van der Waals surface area contributed by atoms with E-state index in [1.54, 1.807) is 7.11 Å². The Hall–Kier alpha value is -1.65. The molecular formula is C16H20N2O2. The van der Waals surface area contributed by atoms with E-state index in [9.17, 15) is 5.11 Å². The van der Waals surface area contributed by atoms with Gasteiger partial charge in [-0.2, -0.15) is 0 Å². The van der Waals surface area contributed by atoms with Crippen molar-refractivity contribution in [3.63, 3.8) is 0 Å². The van der Waals surface area contributed by atoms with Crippen LogP contribution < -0.4 is 4.90 Å². The first-order chi connectivity index (χ1) is 9.81. The Kier molecular flexibility index (Phi) is 3.85. The van der Waals surface area contributed by atoms with Gasteiger partial charge in [-0.1, -0.05) is 18.2 Å². The van der Waals surface area contributed by atoms with Gasteiger partial charge in [0.05, 0.1) is 18.7 Å². The first-order valence-corrected chi connectivity index (χ1v) is 7.05. The fraction of sp³-hybridized carbons (Fsp3) is 0.438. The van der Waals surface area contributed by atoms with Crippen LogP contribution in [0, 0.1) is 5.92 Å². The molecule has 1 atom stereocenters. The van der Waals surface area contributed by atoms with Crippen molar-refractivity contribution in [1.29, 1.82) is 0 Å². The van der Waals surface area contributed by atoms with Crippen molar-refractivity contribution < 1.29 is 9.84 Å². The molecule has 0 bridgehead atoms. The number of aromatic nitrogens is 1. The quantitative estimate of drug-likeness (QED) is 0.927. The fourth-order valence-electron chi connectivity index (χ4n) is 2.94. The highest BCUT2D eigenvalue weighted by Crippen LogP contribution is 2.27. The molecule has 2 heterocycles. The van der Waals surface area contributed by atoms with E-state index in [1.807, 2.05) is 30.3 Å². The van der Waals surface area contributed by atoms with E-state index in [4.69, 9.17) is 9.72 Å². The minimum Gasteiger partial charge on any atom is -0.392 e. The number of rotatable bonds is 4. The zero-order chi connectivity index (χ0) is 13.9. The number of aliphatic hydroxyl groups is 1. The van der Waals surface area contributed by atoms with Gasteiger partial charge in [0.2, 0.25) is 0 Å². The Labute approximate surface area is 119 Å². The maximum atomic E-state index is 9.57. The van der Waals surface area contributed by atoms with Crippen molar-refractivity contribution in [3.8, 4) is 0 Å². The van der Waals surface area contributed by atoms with Crippen molar-refractivity contribution in [3.05, 3.63) is 35.9 Å². The second kappa shape index (κ2) is 5.77. The number of fused-ring (bicyclic) bond motifs is 1. The Balaban J connectivity index is 1.92. The molecule has 106 valence electrons. The lowest BCUT2D eigenvalue weighted by Gasteiger charge is -2.19. The number of aliphatic hydroxyl groups excluding tert-OH is 1. The topological polar surface area (TPSA) is 45.6 Å². The van der Waals surface area contributed by atoms with Crippen molar-refractivity contribution in [2.45, 2.75) is 13.0 Å². The predicted molar refractivity (Wildman–Crippen MR) is 79.9 cm³/mol. The number of pyridine rings is 1. The lowest BCUT2D eigenvalue weighted by atomic mass is 10.1. The molecule has 2 aromatic rings. The lowest BCUT2D eigenvalue weighted by molar-refractivity contribution is 0.161. The van der Waals surface area contributed by atoms with Gasteiger partial charge in [-0.3, -0.25) is 0 Å². The molecule has 1 aromatic heterocycles. The molecule has 20 heavy (non-hydrogen) atoms. The van der Waals surface area contributed by atoms with Gasteiger partial charge in [-0.25, -0.2) is 4.98 Å². The molecule has 0 spiro atoms. The maximum Gasteiger partial charge on any atom is 0.129 e. The van der Waals surface area contributed by atoms with E-state index >= 15 is 0 Å². The van der Waals surface area contributed by atoms with E-state index in [2.05, 4.69) is 4.90 Å². The third-order valence-corrected chi connectivity index (χ3v) is 3.97. The molecule has 0 radical (unpaired) electrons. The van der Waals surface area contributed by atoms with Gasteiger partial charge in [-0.05, 0) is 24.1 Å². The number of benzene rings is 1. The number of para-hydroxylation sites is 1. The summed E-state index contributed by atoms with van der Waals surface area (Å²) in [6.07, 6.45) is 1.14. The van der Waals surface area contributed by atoms with Gasteiger partial charge in [-0.15, -0.1) is 0 Å². The predicted octanol–water partition coefficient (Wildman–Crippen LogP) is 2.20. The van der Waals surface area contributed by atoms with Crippen molar-refractivity contribution in [2.75, 3.05) is 31.7 Å². The van der Waals surface area contributed by atoms with Crippen LogP contribution in [0.4, 0.5) is 5.82 Å². The zero-order valence-electron chi connectivity index (χ0n) is 11.7. The van der Waals surface area contributed by atoms with Crippen LogP contribution in [0.1, 0.15) is 12.0 Å². The molecule has 4 nitrogen and oxygen atoms in total. The Morgan fingerprint density at radius 1 is 1.40 bits per heavy atom. The highest BCUT2D eigenvalue weighted by atomic mass is 16.5. The first kappa shape index (κ1) is 13.3. The smallest absolute Gasteiger partial charge is 0.129 e. The summed E-state index contributed by atoms with van der Waals surface area (Å²) in [7, 11) is 1.75. The SMILES string of the molecule is COCC1CCN(c2cc(CO)c3ccccc3n2)C1. The minimum absolute atomic E-state index is 0.0470. The van der Waals surface area contributed by atoms with E-state index in [0.29, 0.717) is 5.92 Å². The molecule has 1 aromatic carbocycles. The Morgan fingerprint density at radius 2 is 2.25 bits per heavy atom. The number of ether oxygens (including phenoxy) is 1. The average molecular weight is 272 g/mol. The second-order valence-electron chi connectivity index (χ2n) is 5.37. The summed E-state index contributed by atoms with van der Waals surface area (Å²) in [5.41, 5.74) is 1.89. The third-order valence-electron chi connectivity index (χ3n) is 3.97. The van der Waals surface area contributed by atoms with Crippen LogP contribution in [-0.4, -0.2) is 36.9 Å². The van der Waals surface area contributed by atoms with Gasteiger partial charge < -0.3 is 14.7 Å². The molecule has 1 aliphatic rings. The van der Waals surface area contributed by atoms with E-state index in [0.717, 1.165) is 48.4 Å². The molecule has 3 rings (SSSR count). The summed E-state index contributed by atoms with van der Waals surface area (Å²) in [5.74, 6) is 1.54.